The summed E-state index contributed by atoms with van der Waals surface area (Å²) in [4.78, 5) is 10.2. The lowest BCUT2D eigenvalue weighted by atomic mass is 10.0. The van der Waals surface area contributed by atoms with E-state index < -0.39 is 0 Å². The Labute approximate surface area is 81.5 Å². The molecule has 0 aliphatic rings. The van der Waals surface area contributed by atoms with E-state index in [1.54, 1.807) is 12.1 Å². The topological polar surface area (TPSA) is 43.1 Å². The summed E-state index contributed by atoms with van der Waals surface area (Å²) in [5, 5.41) is 10.6. The van der Waals surface area contributed by atoms with Gasteiger partial charge in [0.05, 0.1) is 10.8 Å². The summed E-state index contributed by atoms with van der Waals surface area (Å²) >= 11 is 5.54. The fraction of sp³-hybridized carbons (Fsp3) is 0.222. The molecule has 0 atom stereocenters. The summed E-state index contributed by atoms with van der Waals surface area (Å²) in [6.07, 6.45) is 0.607. The summed E-state index contributed by atoms with van der Waals surface area (Å²) in [6.45, 7) is 1.87. The Morgan fingerprint density at radius 3 is 2.77 bits per heavy atom. The Morgan fingerprint density at radius 1 is 1.62 bits per heavy atom. The lowest BCUT2D eigenvalue weighted by Crippen LogP contribution is -1.97. The van der Waals surface area contributed by atoms with Crippen LogP contribution in [0.2, 0.25) is 0 Å². The molecule has 0 heterocycles. The third-order valence-electron chi connectivity index (χ3n) is 1.86. The molecule has 0 aliphatic carbocycles. The Bertz CT molecular complexity index is 325. The van der Waals surface area contributed by atoms with Crippen LogP contribution in [0.15, 0.2) is 18.2 Å². The van der Waals surface area contributed by atoms with Crippen molar-refractivity contribution in [3.05, 3.63) is 45.3 Å². The minimum atomic E-state index is -0.386. The van der Waals surface area contributed by atoms with Gasteiger partial charge in [0.2, 0.25) is 0 Å². The fourth-order valence-electron chi connectivity index (χ4n) is 1.25. The van der Waals surface area contributed by atoms with E-state index in [1.807, 2.05) is 6.92 Å². The number of nitro benzene ring substituents is 1. The van der Waals surface area contributed by atoms with E-state index in [4.69, 9.17) is 11.6 Å². The minimum absolute atomic E-state index is 0.136. The zero-order chi connectivity index (χ0) is 9.84. The van der Waals surface area contributed by atoms with Gasteiger partial charge < -0.3 is 0 Å². The van der Waals surface area contributed by atoms with Gasteiger partial charge in [-0.1, -0.05) is 19.1 Å². The van der Waals surface area contributed by atoms with Crippen LogP contribution in [0.25, 0.3) is 0 Å². The second-order valence-electron chi connectivity index (χ2n) is 2.56. The molecule has 3 nitrogen and oxygen atoms in total. The highest BCUT2D eigenvalue weighted by Crippen LogP contribution is 2.24. The predicted octanol–water partition coefficient (Wildman–Crippen LogP) is 2.91. The molecule has 0 fully saturated rings. The minimum Gasteiger partial charge on any atom is -0.258 e. The third-order valence-corrected chi connectivity index (χ3v) is 2.09. The molecular formula is C9H9ClNO2. The lowest BCUT2D eigenvalue weighted by molar-refractivity contribution is -0.385. The Kier molecular flexibility index (Phi) is 3.25. The predicted molar refractivity (Wildman–Crippen MR) is 51.7 cm³/mol. The number of benzene rings is 1. The maximum absolute atomic E-state index is 10.6. The molecule has 1 aromatic carbocycles. The zero-order valence-electron chi connectivity index (χ0n) is 7.16. The molecule has 0 unspecified atom stereocenters. The summed E-state index contributed by atoms with van der Waals surface area (Å²) < 4.78 is 0. The van der Waals surface area contributed by atoms with Crippen molar-refractivity contribution in [2.45, 2.75) is 13.3 Å². The first-order chi connectivity index (χ1) is 6.20. The molecule has 0 spiro atoms. The van der Waals surface area contributed by atoms with E-state index in [2.05, 4.69) is 0 Å². The summed E-state index contributed by atoms with van der Waals surface area (Å²) in [5.41, 5.74) is 1.54. The molecule has 0 amide bonds. The van der Waals surface area contributed by atoms with Crippen molar-refractivity contribution in [2.75, 3.05) is 0 Å². The smallest absolute Gasteiger partial charge is 0.258 e. The van der Waals surface area contributed by atoms with Gasteiger partial charge in [-0.25, -0.2) is 0 Å². The van der Waals surface area contributed by atoms with Gasteiger partial charge in [-0.15, -0.1) is 11.6 Å². The van der Waals surface area contributed by atoms with E-state index in [-0.39, 0.29) is 10.6 Å². The monoisotopic (exact) mass is 198 g/mol. The molecule has 0 bridgehead atoms. The van der Waals surface area contributed by atoms with Crippen LogP contribution in [0.3, 0.4) is 0 Å². The largest absolute Gasteiger partial charge is 0.272 e. The van der Waals surface area contributed by atoms with Gasteiger partial charge >= 0.3 is 0 Å². The van der Waals surface area contributed by atoms with Crippen molar-refractivity contribution in [3.8, 4) is 0 Å². The molecule has 1 aromatic rings. The highest BCUT2D eigenvalue weighted by Gasteiger charge is 2.14. The van der Waals surface area contributed by atoms with Gasteiger partial charge in [-0.2, -0.15) is 0 Å². The van der Waals surface area contributed by atoms with E-state index in [9.17, 15) is 10.1 Å². The summed E-state index contributed by atoms with van der Waals surface area (Å²) in [6, 6.07) is 4.88. The molecule has 0 aromatic heterocycles. The molecule has 4 heteroatoms. The molecule has 0 saturated carbocycles. The van der Waals surface area contributed by atoms with Crippen LogP contribution in [-0.2, 0) is 6.42 Å². The van der Waals surface area contributed by atoms with E-state index in [0.717, 1.165) is 5.56 Å². The van der Waals surface area contributed by atoms with Crippen LogP contribution >= 0.6 is 11.6 Å². The van der Waals surface area contributed by atoms with Crippen LogP contribution in [0.4, 0.5) is 5.69 Å². The zero-order valence-corrected chi connectivity index (χ0v) is 7.91. The Balaban J connectivity index is 3.27. The van der Waals surface area contributed by atoms with Crippen molar-refractivity contribution >= 4 is 17.3 Å². The maximum atomic E-state index is 10.6. The van der Waals surface area contributed by atoms with E-state index in [0.29, 0.717) is 12.0 Å². The first-order valence-electron chi connectivity index (χ1n) is 3.90. The molecular weight excluding hydrogens is 190 g/mol. The highest BCUT2D eigenvalue weighted by molar-refractivity contribution is 6.25. The third kappa shape index (κ3) is 1.98. The van der Waals surface area contributed by atoms with Crippen LogP contribution in [0, 0.1) is 16.0 Å². The molecule has 1 rings (SSSR count). The van der Waals surface area contributed by atoms with Gasteiger partial charge in [0.1, 0.15) is 0 Å². The van der Waals surface area contributed by atoms with Gasteiger partial charge in [-0.05, 0) is 12.0 Å². The van der Waals surface area contributed by atoms with Crippen molar-refractivity contribution < 1.29 is 4.92 Å². The molecule has 0 N–H and O–H groups in total. The Hall–Kier alpha value is -1.09. The van der Waals surface area contributed by atoms with Crippen molar-refractivity contribution in [1.29, 1.82) is 0 Å². The van der Waals surface area contributed by atoms with Crippen molar-refractivity contribution in [2.24, 2.45) is 0 Å². The number of rotatable bonds is 3. The SMILES string of the molecule is CCc1c([CH]Cl)cccc1[N+](=O)[O-]. The van der Waals surface area contributed by atoms with Crippen LogP contribution in [0.5, 0.6) is 0 Å². The lowest BCUT2D eigenvalue weighted by Gasteiger charge is -2.03. The number of nitrogens with zero attached hydrogens (tertiary/aromatic N) is 1. The van der Waals surface area contributed by atoms with Gasteiger partial charge in [0, 0.05) is 11.6 Å². The van der Waals surface area contributed by atoms with Crippen LogP contribution < -0.4 is 0 Å². The molecule has 13 heavy (non-hydrogen) atoms. The average molecular weight is 199 g/mol. The quantitative estimate of drug-likeness (QED) is 0.554. The number of hydrogen-bond acceptors (Lipinski definition) is 2. The highest BCUT2D eigenvalue weighted by atomic mass is 35.5. The van der Waals surface area contributed by atoms with Crippen LogP contribution in [-0.4, -0.2) is 4.92 Å². The maximum Gasteiger partial charge on any atom is 0.272 e. The van der Waals surface area contributed by atoms with Crippen molar-refractivity contribution in [3.63, 3.8) is 0 Å². The summed E-state index contributed by atoms with van der Waals surface area (Å²) in [5.74, 6) is 1.37. The van der Waals surface area contributed by atoms with Gasteiger partial charge in [0.25, 0.3) is 5.69 Å². The molecule has 0 aliphatic heterocycles. The first-order valence-corrected chi connectivity index (χ1v) is 4.34. The van der Waals surface area contributed by atoms with E-state index in [1.165, 1.54) is 11.9 Å². The van der Waals surface area contributed by atoms with E-state index >= 15 is 0 Å². The van der Waals surface area contributed by atoms with Gasteiger partial charge in [0.15, 0.2) is 0 Å². The standard InChI is InChI=1S/C9H9ClNO2/c1-2-8-7(6-10)4-3-5-9(8)11(12)13/h3-6H,2H2,1H3. The first kappa shape index (κ1) is 9.99. The number of halogens is 1. The summed E-state index contributed by atoms with van der Waals surface area (Å²) in [7, 11) is 0. The normalized spacial score (nSPS) is 10.0. The molecule has 1 radical (unpaired) electrons. The second kappa shape index (κ2) is 4.23. The average Bonchev–Trinajstić information content (AvgIpc) is 2.16. The van der Waals surface area contributed by atoms with Crippen molar-refractivity contribution in [1.82, 2.24) is 0 Å². The number of nitro groups is 1. The molecule has 0 saturated heterocycles. The molecule has 69 valence electrons. The second-order valence-corrected chi connectivity index (χ2v) is 2.78. The fourth-order valence-corrected chi connectivity index (χ4v) is 1.45. The Morgan fingerprint density at radius 2 is 2.31 bits per heavy atom. The van der Waals surface area contributed by atoms with Crippen LogP contribution in [0.1, 0.15) is 18.1 Å². The number of hydrogen-bond donors (Lipinski definition) is 0. The van der Waals surface area contributed by atoms with Gasteiger partial charge in [-0.3, -0.25) is 10.1 Å².